The minimum absolute atomic E-state index is 0.197. The number of hydrogen-bond donors (Lipinski definition) is 2. The van der Waals surface area contributed by atoms with Crippen molar-refractivity contribution in [3.05, 3.63) is 11.1 Å². The minimum atomic E-state index is -0.238. The molecule has 2 N–H and O–H groups in total. The van der Waals surface area contributed by atoms with Gasteiger partial charge in [-0.2, -0.15) is 0 Å². The van der Waals surface area contributed by atoms with Crippen LogP contribution in [0.2, 0.25) is 0 Å². The third kappa shape index (κ3) is 2.80. The van der Waals surface area contributed by atoms with Gasteiger partial charge in [0.25, 0.3) is 0 Å². The molecule has 4 aliphatic carbocycles. The lowest BCUT2D eigenvalue weighted by Crippen LogP contribution is -2.58. The van der Waals surface area contributed by atoms with E-state index in [1.165, 1.54) is 45.2 Å². The Morgan fingerprint density at radius 3 is 2.60 bits per heavy atom. The first kappa shape index (κ1) is 20.2. The SMILES string of the molecule is C[C@@H]1CC[C@H]2[C@H](C)[C@H]3CCC4=C5C[C@@H](O)[C@H]6C[C@@H](O)CC[C@]6(C)[C@H]5C[C@H]4[C@@H]3CN2C1. The van der Waals surface area contributed by atoms with E-state index in [4.69, 9.17) is 0 Å². The zero-order valence-electron chi connectivity index (χ0n) is 19.4. The van der Waals surface area contributed by atoms with Crippen molar-refractivity contribution in [2.24, 2.45) is 46.8 Å². The molecule has 6 aliphatic rings. The number of nitrogens with zero attached hydrogens (tertiary/aromatic N) is 1. The average molecular weight is 414 g/mol. The first-order chi connectivity index (χ1) is 14.4. The second kappa shape index (κ2) is 7.06. The maximum Gasteiger partial charge on any atom is 0.0612 e. The summed E-state index contributed by atoms with van der Waals surface area (Å²) in [4.78, 5) is 2.89. The largest absolute Gasteiger partial charge is 0.393 e. The van der Waals surface area contributed by atoms with Gasteiger partial charge in [-0.15, -0.1) is 0 Å². The molecule has 2 saturated heterocycles. The summed E-state index contributed by atoms with van der Waals surface area (Å²) in [5, 5.41) is 21.4. The van der Waals surface area contributed by atoms with Crippen molar-refractivity contribution < 1.29 is 10.2 Å². The van der Waals surface area contributed by atoms with Crippen molar-refractivity contribution in [3.8, 4) is 0 Å². The second-order valence-corrected chi connectivity index (χ2v) is 12.7. The van der Waals surface area contributed by atoms with E-state index >= 15 is 0 Å². The monoisotopic (exact) mass is 413 g/mol. The number of aliphatic hydroxyl groups is 2. The third-order valence-electron chi connectivity index (χ3n) is 11.4. The molecule has 3 heteroatoms. The van der Waals surface area contributed by atoms with Crippen molar-refractivity contribution in [1.82, 2.24) is 4.90 Å². The lowest BCUT2D eigenvalue weighted by Gasteiger charge is -2.55. The highest BCUT2D eigenvalue weighted by Gasteiger charge is 2.58. The molecule has 0 radical (unpaired) electrons. The van der Waals surface area contributed by atoms with E-state index in [1.807, 2.05) is 0 Å². The summed E-state index contributed by atoms with van der Waals surface area (Å²) >= 11 is 0. The Balaban J connectivity index is 1.31. The molecule has 168 valence electrons. The molecule has 0 bridgehead atoms. The smallest absolute Gasteiger partial charge is 0.0612 e. The number of hydrogen-bond acceptors (Lipinski definition) is 3. The predicted molar refractivity (Wildman–Crippen MR) is 120 cm³/mol. The van der Waals surface area contributed by atoms with Crippen molar-refractivity contribution in [2.75, 3.05) is 13.1 Å². The number of fused-ring (bicyclic) bond motifs is 7. The van der Waals surface area contributed by atoms with E-state index in [-0.39, 0.29) is 17.6 Å². The molecule has 0 aromatic heterocycles. The molecular formula is C27H43NO2. The van der Waals surface area contributed by atoms with Crippen LogP contribution in [0.4, 0.5) is 0 Å². The van der Waals surface area contributed by atoms with Crippen LogP contribution in [0.25, 0.3) is 0 Å². The quantitative estimate of drug-likeness (QED) is 0.569. The zero-order valence-corrected chi connectivity index (χ0v) is 19.4. The fourth-order valence-corrected chi connectivity index (χ4v) is 9.84. The molecule has 3 saturated carbocycles. The van der Waals surface area contributed by atoms with E-state index in [2.05, 4.69) is 25.7 Å². The Morgan fingerprint density at radius 2 is 1.77 bits per heavy atom. The normalized spacial score (nSPS) is 55.9. The standard InChI is InChI=1S/C27H43NO2/c1-15-4-7-25-16(2)18-5-6-19-20(22(18)14-28(25)13-15)11-23-21(19)12-26(30)24-10-17(29)8-9-27(23,24)3/h15-18,20,22-26,29-30H,4-14H2,1-3H3/t15-,16-,17+,18-,20-,22-,23+,24-,25+,26-,27-/m1/s1. The van der Waals surface area contributed by atoms with Crippen molar-refractivity contribution >= 4 is 0 Å². The van der Waals surface area contributed by atoms with Crippen molar-refractivity contribution in [3.63, 3.8) is 0 Å². The van der Waals surface area contributed by atoms with E-state index in [0.717, 1.165) is 61.3 Å². The van der Waals surface area contributed by atoms with Crippen LogP contribution in [0.1, 0.15) is 78.6 Å². The van der Waals surface area contributed by atoms with Gasteiger partial charge in [-0.1, -0.05) is 31.9 Å². The van der Waals surface area contributed by atoms with Crippen molar-refractivity contribution in [1.29, 1.82) is 0 Å². The highest BCUT2D eigenvalue weighted by molar-refractivity contribution is 5.34. The maximum atomic E-state index is 11.1. The summed E-state index contributed by atoms with van der Waals surface area (Å²) in [5.74, 6) is 5.21. The molecule has 0 aromatic rings. The number of rotatable bonds is 0. The minimum Gasteiger partial charge on any atom is -0.393 e. The van der Waals surface area contributed by atoms with Crippen LogP contribution in [0, 0.1) is 46.8 Å². The summed E-state index contributed by atoms with van der Waals surface area (Å²) in [5.41, 5.74) is 3.68. The van der Waals surface area contributed by atoms with Gasteiger partial charge >= 0.3 is 0 Å². The van der Waals surface area contributed by atoms with E-state index in [9.17, 15) is 10.2 Å². The van der Waals surface area contributed by atoms with Crippen molar-refractivity contribution in [2.45, 2.75) is 96.8 Å². The Hall–Kier alpha value is -0.380. The van der Waals surface area contributed by atoms with Gasteiger partial charge in [0.05, 0.1) is 12.2 Å². The van der Waals surface area contributed by atoms with E-state index < -0.39 is 0 Å². The van der Waals surface area contributed by atoms with Crippen LogP contribution >= 0.6 is 0 Å². The van der Waals surface area contributed by atoms with E-state index in [0.29, 0.717) is 11.8 Å². The highest BCUT2D eigenvalue weighted by Crippen LogP contribution is 2.64. The molecule has 30 heavy (non-hydrogen) atoms. The molecule has 0 amide bonds. The van der Waals surface area contributed by atoms with Crippen LogP contribution < -0.4 is 0 Å². The van der Waals surface area contributed by atoms with Gasteiger partial charge in [0.15, 0.2) is 0 Å². The molecule has 2 heterocycles. The van der Waals surface area contributed by atoms with Crippen LogP contribution in [-0.2, 0) is 0 Å². The summed E-state index contributed by atoms with van der Waals surface area (Å²) in [6, 6.07) is 0.837. The van der Waals surface area contributed by atoms with E-state index in [1.54, 1.807) is 11.1 Å². The first-order valence-electron chi connectivity index (χ1n) is 13.2. The fourth-order valence-electron chi connectivity index (χ4n) is 9.84. The van der Waals surface area contributed by atoms with Gasteiger partial charge in [-0.3, -0.25) is 4.90 Å². The van der Waals surface area contributed by atoms with Gasteiger partial charge in [0.2, 0.25) is 0 Å². The average Bonchev–Trinajstić information content (AvgIpc) is 3.09. The second-order valence-electron chi connectivity index (χ2n) is 12.7. The summed E-state index contributed by atoms with van der Waals surface area (Å²) in [7, 11) is 0. The van der Waals surface area contributed by atoms with Gasteiger partial charge in [0.1, 0.15) is 0 Å². The van der Waals surface area contributed by atoms with Gasteiger partial charge < -0.3 is 10.2 Å². The molecule has 0 aromatic carbocycles. The Kier molecular flexibility index (Phi) is 4.76. The topological polar surface area (TPSA) is 43.7 Å². The van der Waals surface area contributed by atoms with Crippen LogP contribution in [0.15, 0.2) is 11.1 Å². The molecule has 2 aliphatic heterocycles. The molecule has 3 nitrogen and oxygen atoms in total. The molecule has 0 unspecified atom stereocenters. The van der Waals surface area contributed by atoms with Gasteiger partial charge in [-0.05, 0) is 105 Å². The number of piperidine rings is 2. The highest BCUT2D eigenvalue weighted by atomic mass is 16.3. The molecule has 5 fully saturated rings. The summed E-state index contributed by atoms with van der Waals surface area (Å²) < 4.78 is 0. The van der Waals surface area contributed by atoms with Gasteiger partial charge in [0, 0.05) is 19.1 Å². The number of allylic oxidation sites excluding steroid dienone is 1. The maximum absolute atomic E-state index is 11.1. The molecule has 0 spiro atoms. The van der Waals surface area contributed by atoms with Crippen LogP contribution in [-0.4, -0.2) is 46.5 Å². The molecule has 11 atom stereocenters. The Bertz CT molecular complexity index is 730. The van der Waals surface area contributed by atoms with Gasteiger partial charge in [-0.25, -0.2) is 0 Å². The lowest BCUT2D eigenvalue weighted by molar-refractivity contribution is -0.0920. The Morgan fingerprint density at radius 1 is 0.933 bits per heavy atom. The zero-order chi connectivity index (χ0) is 20.8. The third-order valence-corrected chi connectivity index (χ3v) is 11.4. The Labute approximate surface area is 183 Å². The summed E-state index contributed by atoms with van der Waals surface area (Å²) in [6.45, 7) is 10.1. The van der Waals surface area contributed by atoms with Crippen LogP contribution in [0.3, 0.4) is 0 Å². The van der Waals surface area contributed by atoms with Crippen LogP contribution in [0.5, 0.6) is 0 Å². The lowest BCUT2D eigenvalue weighted by atomic mass is 9.53. The predicted octanol–water partition coefficient (Wildman–Crippen LogP) is 4.63. The first-order valence-corrected chi connectivity index (χ1v) is 13.2. The molecular weight excluding hydrogens is 370 g/mol. The summed E-state index contributed by atoms with van der Waals surface area (Å²) in [6.07, 6.45) is 10.2. The fraction of sp³-hybridized carbons (Fsp3) is 0.926. The molecule has 6 rings (SSSR count). The number of aliphatic hydroxyl groups excluding tert-OH is 2.